The minimum absolute atomic E-state index is 0.0873. The largest absolute Gasteiger partial charge is 0.353 e. The molecule has 0 spiro atoms. The van der Waals surface area contributed by atoms with E-state index in [2.05, 4.69) is 0 Å². The van der Waals surface area contributed by atoms with Crippen LogP contribution in [0.3, 0.4) is 0 Å². The van der Waals surface area contributed by atoms with Crippen LogP contribution >= 0.6 is 11.3 Å². The molecule has 5 heteroatoms. The predicted octanol–water partition coefficient (Wildman–Crippen LogP) is 2.01. The number of hydrogen-bond donors (Lipinski definition) is 0. The van der Waals surface area contributed by atoms with E-state index in [0.29, 0.717) is 26.2 Å². The summed E-state index contributed by atoms with van der Waals surface area (Å²) in [7, 11) is 0. The Kier molecular flexibility index (Phi) is 5.73. The zero-order valence-corrected chi connectivity index (χ0v) is 10.9. The maximum Gasteiger partial charge on any atom is 0.307 e. The smallest absolute Gasteiger partial charge is 0.307 e. The zero-order chi connectivity index (χ0) is 12.0. The molecule has 1 aromatic rings. The first-order valence-corrected chi connectivity index (χ1v) is 6.45. The van der Waals surface area contributed by atoms with E-state index in [4.69, 9.17) is 9.47 Å². The standard InChI is InChI=1S/C11H19NO3S/c1-4-14-10(15-5-2)6-7-12-9(3)8-16-11(12)13/h8,10H,4-7H2,1-3H3. The van der Waals surface area contributed by atoms with Crippen molar-refractivity contribution in [3.8, 4) is 0 Å². The van der Waals surface area contributed by atoms with Crippen molar-refractivity contribution in [3.05, 3.63) is 20.7 Å². The Labute approximate surface area is 99.8 Å². The number of ether oxygens (including phenoxy) is 2. The lowest BCUT2D eigenvalue weighted by Gasteiger charge is -2.17. The Morgan fingerprint density at radius 2 is 2.00 bits per heavy atom. The van der Waals surface area contributed by atoms with Crippen molar-refractivity contribution in [1.82, 2.24) is 4.57 Å². The lowest BCUT2D eigenvalue weighted by Crippen LogP contribution is -2.23. The molecule has 92 valence electrons. The quantitative estimate of drug-likeness (QED) is 0.690. The second kappa shape index (κ2) is 6.83. The van der Waals surface area contributed by atoms with Gasteiger partial charge in [-0.1, -0.05) is 11.3 Å². The van der Waals surface area contributed by atoms with E-state index in [1.165, 1.54) is 11.3 Å². The molecule has 0 aliphatic heterocycles. The molecule has 1 heterocycles. The van der Waals surface area contributed by atoms with Gasteiger partial charge >= 0.3 is 4.87 Å². The van der Waals surface area contributed by atoms with Crippen molar-refractivity contribution in [3.63, 3.8) is 0 Å². The van der Waals surface area contributed by atoms with Crippen LogP contribution in [-0.4, -0.2) is 24.1 Å². The molecule has 0 amide bonds. The summed E-state index contributed by atoms with van der Waals surface area (Å²) in [6.45, 7) is 7.72. The first kappa shape index (κ1) is 13.4. The highest BCUT2D eigenvalue weighted by Gasteiger charge is 2.10. The van der Waals surface area contributed by atoms with Gasteiger partial charge < -0.3 is 14.0 Å². The van der Waals surface area contributed by atoms with Crippen LogP contribution in [0.4, 0.5) is 0 Å². The van der Waals surface area contributed by atoms with Crippen molar-refractivity contribution in [1.29, 1.82) is 0 Å². The summed E-state index contributed by atoms with van der Waals surface area (Å²) < 4.78 is 12.6. The van der Waals surface area contributed by atoms with Crippen LogP contribution in [0.25, 0.3) is 0 Å². The molecule has 0 aliphatic rings. The highest BCUT2D eigenvalue weighted by atomic mass is 32.1. The van der Waals surface area contributed by atoms with Gasteiger partial charge in [0.25, 0.3) is 0 Å². The number of nitrogens with zero attached hydrogens (tertiary/aromatic N) is 1. The highest BCUT2D eigenvalue weighted by Crippen LogP contribution is 2.06. The van der Waals surface area contributed by atoms with Gasteiger partial charge in [0, 0.05) is 37.3 Å². The predicted molar refractivity (Wildman–Crippen MR) is 65.0 cm³/mol. The molecular formula is C11H19NO3S. The molecule has 1 aromatic heterocycles. The number of aromatic nitrogens is 1. The third kappa shape index (κ3) is 3.73. The lowest BCUT2D eigenvalue weighted by atomic mass is 10.4. The lowest BCUT2D eigenvalue weighted by molar-refractivity contribution is -0.141. The van der Waals surface area contributed by atoms with Crippen LogP contribution < -0.4 is 4.87 Å². The van der Waals surface area contributed by atoms with Gasteiger partial charge in [-0.25, -0.2) is 0 Å². The molecule has 0 saturated carbocycles. The van der Waals surface area contributed by atoms with E-state index in [1.807, 2.05) is 26.2 Å². The summed E-state index contributed by atoms with van der Waals surface area (Å²) in [5, 5.41) is 1.87. The fourth-order valence-electron chi connectivity index (χ4n) is 1.50. The molecule has 0 aliphatic carbocycles. The van der Waals surface area contributed by atoms with Gasteiger partial charge in [-0.05, 0) is 20.8 Å². The van der Waals surface area contributed by atoms with Crippen LogP contribution in [-0.2, 0) is 16.0 Å². The van der Waals surface area contributed by atoms with Crippen molar-refractivity contribution in [2.45, 2.75) is 40.0 Å². The fourth-order valence-corrected chi connectivity index (χ4v) is 2.26. The van der Waals surface area contributed by atoms with Crippen LogP contribution in [0, 0.1) is 6.92 Å². The molecule has 0 aromatic carbocycles. The Balaban J connectivity index is 2.51. The monoisotopic (exact) mass is 245 g/mol. The van der Waals surface area contributed by atoms with E-state index in [-0.39, 0.29) is 11.2 Å². The second-order valence-electron chi connectivity index (χ2n) is 3.42. The van der Waals surface area contributed by atoms with Crippen LogP contribution in [0.1, 0.15) is 26.0 Å². The average Bonchev–Trinajstić information content (AvgIpc) is 2.56. The summed E-state index contributed by atoms with van der Waals surface area (Å²) in [6, 6.07) is 0. The van der Waals surface area contributed by atoms with Crippen molar-refractivity contribution >= 4 is 11.3 Å². The molecule has 0 radical (unpaired) electrons. The van der Waals surface area contributed by atoms with Crippen molar-refractivity contribution in [2.24, 2.45) is 0 Å². The molecule has 0 N–H and O–H groups in total. The first-order valence-electron chi connectivity index (χ1n) is 5.57. The maximum absolute atomic E-state index is 11.5. The van der Waals surface area contributed by atoms with Gasteiger partial charge in [0.1, 0.15) is 0 Å². The van der Waals surface area contributed by atoms with Crippen molar-refractivity contribution in [2.75, 3.05) is 13.2 Å². The van der Waals surface area contributed by atoms with E-state index in [0.717, 1.165) is 5.69 Å². The third-order valence-corrected chi connectivity index (χ3v) is 3.15. The molecular weight excluding hydrogens is 226 g/mol. The Bertz CT molecular complexity index is 352. The molecule has 1 rings (SSSR count). The maximum atomic E-state index is 11.5. The van der Waals surface area contributed by atoms with E-state index in [9.17, 15) is 4.79 Å². The van der Waals surface area contributed by atoms with Crippen LogP contribution in [0.5, 0.6) is 0 Å². The minimum atomic E-state index is -0.207. The topological polar surface area (TPSA) is 40.5 Å². The second-order valence-corrected chi connectivity index (χ2v) is 4.24. The summed E-state index contributed by atoms with van der Waals surface area (Å²) in [5.74, 6) is 0. The molecule has 0 unspecified atom stereocenters. The van der Waals surface area contributed by atoms with Gasteiger partial charge in [-0.3, -0.25) is 4.79 Å². The number of aryl methyl sites for hydroxylation is 1. The molecule has 0 fully saturated rings. The van der Waals surface area contributed by atoms with Crippen molar-refractivity contribution < 1.29 is 9.47 Å². The fraction of sp³-hybridized carbons (Fsp3) is 0.727. The Morgan fingerprint density at radius 1 is 1.38 bits per heavy atom. The van der Waals surface area contributed by atoms with Crippen LogP contribution in [0.15, 0.2) is 10.2 Å². The van der Waals surface area contributed by atoms with Gasteiger partial charge in [0.15, 0.2) is 6.29 Å². The van der Waals surface area contributed by atoms with E-state index >= 15 is 0 Å². The minimum Gasteiger partial charge on any atom is -0.353 e. The summed E-state index contributed by atoms with van der Waals surface area (Å²) >= 11 is 1.24. The zero-order valence-electron chi connectivity index (χ0n) is 10.1. The Morgan fingerprint density at radius 3 is 2.44 bits per heavy atom. The van der Waals surface area contributed by atoms with E-state index in [1.54, 1.807) is 4.57 Å². The summed E-state index contributed by atoms with van der Waals surface area (Å²) in [6.07, 6.45) is 0.500. The highest BCUT2D eigenvalue weighted by molar-refractivity contribution is 7.07. The average molecular weight is 245 g/mol. The van der Waals surface area contributed by atoms with Crippen LogP contribution in [0.2, 0.25) is 0 Å². The normalized spacial score (nSPS) is 11.2. The van der Waals surface area contributed by atoms with Gasteiger partial charge in [-0.2, -0.15) is 0 Å². The molecule has 4 nitrogen and oxygen atoms in total. The van der Waals surface area contributed by atoms with E-state index < -0.39 is 0 Å². The molecule has 0 bridgehead atoms. The SMILES string of the molecule is CCOC(CCn1c(C)csc1=O)OCC. The Hall–Kier alpha value is -0.650. The summed E-state index contributed by atoms with van der Waals surface area (Å²) in [4.78, 5) is 11.6. The number of rotatable bonds is 7. The molecule has 16 heavy (non-hydrogen) atoms. The van der Waals surface area contributed by atoms with Gasteiger partial charge in [0.2, 0.25) is 0 Å². The first-order chi connectivity index (χ1) is 7.69. The molecule has 0 atom stereocenters. The van der Waals surface area contributed by atoms with Gasteiger partial charge in [0.05, 0.1) is 0 Å². The number of thiazole rings is 1. The number of hydrogen-bond acceptors (Lipinski definition) is 4. The third-order valence-electron chi connectivity index (χ3n) is 2.27. The van der Waals surface area contributed by atoms with Gasteiger partial charge in [-0.15, -0.1) is 0 Å². The summed E-state index contributed by atoms with van der Waals surface area (Å²) in [5.41, 5.74) is 1.00. The molecule has 0 saturated heterocycles.